The minimum Gasteiger partial charge on any atom is -0.383 e. The number of nitrogens with two attached hydrogens (primary N) is 1. The fraction of sp³-hybridized carbons (Fsp3) is 0.556. The van der Waals surface area contributed by atoms with Gasteiger partial charge in [-0.05, 0) is 29.5 Å². The summed E-state index contributed by atoms with van der Waals surface area (Å²) < 4.78 is 0.950. The van der Waals surface area contributed by atoms with Crippen LogP contribution in [0.25, 0.3) is 0 Å². The molecule has 0 saturated heterocycles. The van der Waals surface area contributed by atoms with Crippen molar-refractivity contribution in [2.24, 2.45) is 0 Å². The first-order chi connectivity index (χ1) is 5.82. The predicted molar refractivity (Wildman–Crippen MR) is 62.6 cm³/mol. The van der Waals surface area contributed by atoms with Gasteiger partial charge in [-0.15, -0.1) is 0 Å². The highest BCUT2D eigenvalue weighted by Crippen LogP contribution is 2.22. The van der Waals surface area contributed by atoms with Crippen molar-refractivity contribution in [3.05, 3.63) is 15.1 Å². The first-order valence-corrected chi connectivity index (χ1v) is 5.20. The maximum absolute atomic E-state index is 5.76. The summed E-state index contributed by atoms with van der Waals surface area (Å²) in [6.07, 6.45) is 0. The monoisotopic (exact) mass is 291 g/mol. The number of halogens is 1. The Morgan fingerprint density at radius 1 is 1.23 bits per heavy atom. The third-order valence-corrected chi connectivity index (χ3v) is 3.05. The van der Waals surface area contributed by atoms with Crippen LogP contribution in [0.15, 0.2) is 0 Å². The topological polar surface area (TPSA) is 51.8 Å². The molecule has 1 aromatic rings. The molecule has 0 saturated carbocycles. The van der Waals surface area contributed by atoms with Crippen molar-refractivity contribution in [3.63, 3.8) is 0 Å². The van der Waals surface area contributed by atoms with Gasteiger partial charge in [0, 0.05) is 5.41 Å². The van der Waals surface area contributed by atoms with Gasteiger partial charge in [0.2, 0.25) is 0 Å². The molecule has 0 fully saturated rings. The predicted octanol–water partition coefficient (Wildman–Crippen LogP) is 2.27. The van der Waals surface area contributed by atoms with Gasteiger partial charge in [-0.2, -0.15) is 0 Å². The van der Waals surface area contributed by atoms with Crippen LogP contribution in [-0.2, 0) is 5.41 Å². The molecule has 0 aliphatic carbocycles. The Kier molecular flexibility index (Phi) is 2.79. The normalized spacial score (nSPS) is 11.8. The first kappa shape index (κ1) is 10.7. The molecule has 0 radical (unpaired) electrons. The molecule has 0 unspecified atom stereocenters. The molecule has 1 rings (SSSR count). The summed E-state index contributed by atoms with van der Waals surface area (Å²) in [7, 11) is 0. The van der Waals surface area contributed by atoms with Crippen molar-refractivity contribution in [1.29, 1.82) is 0 Å². The SMILES string of the molecule is Cc1nc(C(C)(C)C)nc(N)c1I. The molecular weight excluding hydrogens is 277 g/mol. The second-order valence-electron chi connectivity index (χ2n) is 4.08. The van der Waals surface area contributed by atoms with Crippen molar-refractivity contribution in [2.75, 3.05) is 5.73 Å². The van der Waals surface area contributed by atoms with E-state index >= 15 is 0 Å². The van der Waals surface area contributed by atoms with Crippen LogP contribution in [-0.4, -0.2) is 9.97 Å². The van der Waals surface area contributed by atoms with Gasteiger partial charge in [-0.1, -0.05) is 20.8 Å². The van der Waals surface area contributed by atoms with Gasteiger partial charge in [0.25, 0.3) is 0 Å². The number of hydrogen-bond acceptors (Lipinski definition) is 3. The largest absolute Gasteiger partial charge is 0.383 e. The van der Waals surface area contributed by atoms with Gasteiger partial charge >= 0.3 is 0 Å². The quantitative estimate of drug-likeness (QED) is 0.746. The number of hydrogen-bond donors (Lipinski definition) is 1. The molecule has 3 nitrogen and oxygen atoms in total. The summed E-state index contributed by atoms with van der Waals surface area (Å²) in [6, 6.07) is 0. The van der Waals surface area contributed by atoms with Crippen molar-refractivity contribution in [3.8, 4) is 0 Å². The van der Waals surface area contributed by atoms with Gasteiger partial charge in [0.15, 0.2) is 0 Å². The summed E-state index contributed by atoms with van der Waals surface area (Å²) in [5.41, 5.74) is 6.68. The zero-order valence-corrected chi connectivity index (χ0v) is 10.5. The minimum atomic E-state index is -0.0385. The molecule has 72 valence electrons. The number of nitrogen functional groups attached to an aromatic ring is 1. The molecule has 1 heterocycles. The van der Waals surface area contributed by atoms with Gasteiger partial charge in [-0.3, -0.25) is 0 Å². The molecule has 2 N–H and O–H groups in total. The van der Waals surface area contributed by atoms with Crippen LogP contribution < -0.4 is 5.73 Å². The summed E-state index contributed by atoms with van der Waals surface area (Å²) >= 11 is 2.16. The summed E-state index contributed by atoms with van der Waals surface area (Å²) in [4.78, 5) is 8.67. The molecule has 0 aliphatic heterocycles. The van der Waals surface area contributed by atoms with Gasteiger partial charge in [-0.25, -0.2) is 9.97 Å². The zero-order valence-electron chi connectivity index (χ0n) is 8.35. The number of rotatable bonds is 0. The molecule has 0 spiro atoms. The highest BCUT2D eigenvalue weighted by molar-refractivity contribution is 14.1. The van der Waals surface area contributed by atoms with Crippen LogP contribution >= 0.6 is 22.6 Å². The lowest BCUT2D eigenvalue weighted by Gasteiger charge is -2.17. The van der Waals surface area contributed by atoms with E-state index in [2.05, 4.69) is 53.3 Å². The van der Waals surface area contributed by atoms with E-state index in [0.717, 1.165) is 15.1 Å². The van der Waals surface area contributed by atoms with Crippen LogP contribution in [0.2, 0.25) is 0 Å². The van der Waals surface area contributed by atoms with E-state index in [9.17, 15) is 0 Å². The summed E-state index contributed by atoms with van der Waals surface area (Å²) in [5.74, 6) is 1.39. The smallest absolute Gasteiger partial charge is 0.140 e. The fourth-order valence-electron chi connectivity index (χ4n) is 0.917. The lowest BCUT2D eigenvalue weighted by Crippen LogP contribution is -2.18. The first-order valence-electron chi connectivity index (χ1n) is 4.12. The van der Waals surface area contributed by atoms with Crippen LogP contribution in [0.1, 0.15) is 32.3 Å². The van der Waals surface area contributed by atoms with E-state index < -0.39 is 0 Å². The highest BCUT2D eigenvalue weighted by atomic mass is 127. The maximum atomic E-state index is 5.76. The zero-order chi connectivity index (χ0) is 10.2. The lowest BCUT2D eigenvalue weighted by molar-refractivity contribution is 0.543. The van der Waals surface area contributed by atoms with Crippen molar-refractivity contribution in [1.82, 2.24) is 9.97 Å². The average molecular weight is 291 g/mol. The van der Waals surface area contributed by atoms with Crippen LogP contribution in [0, 0.1) is 10.5 Å². The number of aryl methyl sites for hydroxylation is 1. The standard InChI is InChI=1S/C9H14IN3/c1-5-6(10)7(11)13-8(12-5)9(2,3)4/h1-4H3,(H2,11,12,13). The fourth-order valence-corrected chi connectivity index (χ4v) is 1.16. The van der Waals surface area contributed by atoms with Crippen molar-refractivity contribution >= 4 is 28.4 Å². The van der Waals surface area contributed by atoms with Gasteiger partial charge in [0.1, 0.15) is 11.6 Å². The Morgan fingerprint density at radius 2 is 1.77 bits per heavy atom. The van der Waals surface area contributed by atoms with Crippen LogP contribution in [0.3, 0.4) is 0 Å². The summed E-state index contributed by atoms with van der Waals surface area (Å²) in [6.45, 7) is 8.19. The maximum Gasteiger partial charge on any atom is 0.140 e. The molecular formula is C9H14IN3. The number of nitrogens with zero attached hydrogens (tertiary/aromatic N) is 2. The van der Waals surface area contributed by atoms with Crippen molar-refractivity contribution in [2.45, 2.75) is 33.1 Å². The van der Waals surface area contributed by atoms with E-state index in [4.69, 9.17) is 5.73 Å². The lowest BCUT2D eigenvalue weighted by atomic mass is 9.95. The number of aromatic nitrogens is 2. The molecule has 0 aliphatic rings. The molecule has 0 aromatic carbocycles. The van der Waals surface area contributed by atoms with E-state index in [1.165, 1.54) is 0 Å². The average Bonchev–Trinajstić information content (AvgIpc) is 1.97. The third-order valence-electron chi connectivity index (χ3n) is 1.71. The Balaban J connectivity index is 3.29. The van der Waals surface area contributed by atoms with Crippen molar-refractivity contribution < 1.29 is 0 Å². The van der Waals surface area contributed by atoms with E-state index in [0.29, 0.717) is 5.82 Å². The Bertz CT molecular complexity index is 305. The Morgan fingerprint density at radius 3 is 2.15 bits per heavy atom. The van der Waals surface area contributed by atoms with Gasteiger partial charge in [0.05, 0.1) is 9.26 Å². The highest BCUT2D eigenvalue weighted by Gasteiger charge is 2.19. The second-order valence-corrected chi connectivity index (χ2v) is 5.16. The summed E-state index contributed by atoms with van der Waals surface area (Å²) in [5, 5.41) is 0. The third kappa shape index (κ3) is 2.30. The molecule has 0 amide bonds. The minimum absolute atomic E-state index is 0.0385. The van der Waals surface area contributed by atoms with E-state index in [1.54, 1.807) is 0 Å². The molecule has 13 heavy (non-hydrogen) atoms. The molecule has 1 aromatic heterocycles. The Hall–Kier alpha value is -0.390. The van der Waals surface area contributed by atoms with Crippen LogP contribution in [0.5, 0.6) is 0 Å². The van der Waals surface area contributed by atoms with Crippen LogP contribution in [0.4, 0.5) is 5.82 Å². The van der Waals surface area contributed by atoms with Gasteiger partial charge < -0.3 is 5.73 Å². The number of anilines is 1. The second kappa shape index (κ2) is 3.40. The Labute approximate surface area is 92.3 Å². The molecule has 4 heteroatoms. The van der Waals surface area contributed by atoms with E-state index in [-0.39, 0.29) is 5.41 Å². The van der Waals surface area contributed by atoms with E-state index in [1.807, 2.05) is 6.92 Å². The molecule has 0 atom stereocenters. The molecule has 0 bridgehead atoms.